The molecular weight excluding hydrogens is 460 g/mol. The van der Waals surface area contributed by atoms with Gasteiger partial charge in [-0.05, 0) is 28.7 Å². The van der Waals surface area contributed by atoms with Crippen molar-refractivity contribution in [2.75, 3.05) is 13.1 Å². The van der Waals surface area contributed by atoms with Crippen molar-refractivity contribution in [2.45, 2.75) is 6.42 Å². The van der Waals surface area contributed by atoms with Gasteiger partial charge in [-0.25, -0.2) is 0 Å². The van der Waals surface area contributed by atoms with Crippen LogP contribution < -0.4 is 0 Å². The SMILES string of the molecule is O/N=C/C(=NCCCN=C(/C=N/O)c1ccc(-c2ccccc2)cc1)c1ccc(-c2ccccc2)cc1. The molecule has 0 heterocycles. The Bertz CT molecular complexity index is 1270. The van der Waals surface area contributed by atoms with Crippen LogP contribution in [0, 0.1) is 0 Å². The van der Waals surface area contributed by atoms with Crippen LogP contribution in [0.5, 0.6) is 0 Å². The Hall–Kier alpha value is -4.84. The van der Waals surface area contributed by atoms with Gasteiger partial charge in [0.15, 0.2) is 0 Å². The molecule has 0 radical (unpaired) electrons. The Labute approximate surface area is 216 Å². The van der Waals surface area contributed by atoms with E-state index in [4.69, 9.17) is 10.4 Å². The van der Waals surface area contributed by atoms with Crippen molar-refractivity contribution < 1.29 is 10.4 Å². The Morgan fingerprint density at radius 3 is 1.19 bits per heavy atom. The van der Waals surface area contributed by atoms with E-state index in [1.54, 1.807) is 0 Å². The van der Waals surface area contributed by atoms with Crippen LogP contribution in [-0.4, -0.2) is 47.4 Å². The number of aliphatic imine (C=N–C) groups is 2. The van der Waals surface area contributed by atoms with Gasteiger partial charge in [0.2, 0.25) is 0 Å². The topological polar surface area (TPSA) is 89.9 Å². The number of hydrogen-bond acceptors (Lipinski definition) is 6. The monoisotopic (exact) mass is 488 g/mol. The maximum Gasteiger partial charge on any atom is 0.0919 e. The van der Waals surface area contributed by atoms with Crippen LogP contribution in [-0.2, 0) is 0 Å². The molecule has 0 aliphatic rings. The fraction of sp³-hybridized carbons (Fsp3) is 0.0968. The van der Waals surface area contributed by atoms with Crippen LogP contribution in [0.25, 0.3) is 22.3 Å². The molecule has 0 saturated heterocycles. The molecule has 0 unspecified atom stereocenters. The minimum Gasteiger partial charge on any atom is -0.411 e. The van der Waals surface area contributed by atoms with Gasteiger partial charge < -0.3 is 10.4 Å². The molecule has 4 aromatic carbocycles. The van der Waals surface area contributed by atoms with Crippen LogP contribution in [0.15, 0.2) is 129 Å². The van der Waals surface area contributed by atoms with E-state index in [0.717, 1.165) is 33.4 Å². The van der Waals surface area contributed by atoms with Gasteiger partial charge in [-0.3, -0.25) is 9.98 Å². The smallest absolute Gasteiger partial charge is 0.0919 e. The van der Waals surface area contributed by atoms with Crippen molar-refractivity contribution in [1.29, 1.82) is 0 Å². The molecule has 0 saturated carbocycles. The van der Waals surface area contributed by atoms with Crippen molar-refractivity contribution in [2.24, 2.45) is 20.3 Å². The largest absolute Gasteiger partial charge is 0.411 e. The minimum atomic E-state index is 0.502. The first-order valence-corrected chi connectivity index (χ1v) is 12.0. The molecule has 0 aliphatic heterocycles. The van der Waals surface area contributed by atoms with Crippen LogP contribution in [0.2, 0.25) is 0 Å². The third-order valence-corrected chi connectivity index (χ3v) is 5.82. The zero-order valence-corrected chi connectivity index (χ0v) is 20.4. The Morgan fingerprint density at radius 1 is 0.486 bits per heavy atom. The van der Waals surface area contributed by atoms with Crippen LogP contribution in [0.1, 0.15) is 17.5 Å². The lowest BCUT2D eigenvalue weighted by Gasteiger charge is -2.06. The van der Waals surface area contributed by atoms with Gasteiger partial charge in [0, 0.05) is 24.2 Å². The lowest BCUT2D eigenvalue weighted by Crippen LogP contribution is -2.06. The molecule has 0 aliphatic carbocycles. The van der Waals surface area contributed by atoms with E-state index in [9.17, 15) is 0 Å². The number of oxime groups is 2. The maximum atomic E-state index is 9.11. The molecule has 0 atom stereocenters. The van der Waals surface area contributed by atoms with Crippen LogP contribution in [0.3, 0.4) is 0 Å². The molecule has 0 fully saturated rings. The zero-order chi connectivity index (χ0) is 25.7. The molecule has 4 rings (SSSR count). The van der Waals surface area contributed by atoms with E-state index in [2.05, 4.69) is 44.6 Å². The van der Waals surface area contributed by atoms with Gasteiger partial charge in [0.05, 0.1) is 23.9 Å². The van der Waals surface area contributed by atoms with Crippen molar-refractivity contribution in [1.82, 2.24) is 0 Å². The fourth-order valence-electron chi connectivity index (χ4n) is 3.92. The van der Waals surface area contributed by atoms with Gasteiger partial charge in [0.1, 0.15) is 0 Å². The summed E-state index contributed by atoms with van der Waals surface area (Å²) >= 11 is 0. The highest BCUT2D eigenvalue weighted by atomic mass is 16.4. The van der Waals surface area contributed by atoms with Crippen molar-refractivity contribution in [3.8, 4) is 22.3 Å². The second-order valence-electron chi connectivity index (χ2n) is 8.26. The van der Waals surface area contributed by atoms with Gasteiger partial charge in [-0.2, -0.15) is 0 Å². The average Bonchev–Trinajstić information content (AvgIpc) is 2.97. The average molecular weight is 489 g/mol. The third-order valence-electron chi connectivity index (χ3n) is 5.82. The number of benzene rings is 4. The standard InChI is InChI=1S/C31H28N4O2/c36-34-22-30(28-16-12-26(13-17-28)24-8-3-1-4-9-24)32-20-7-21-33-31(23-35-37)29-18-14-27(15-19-29)25-10-5-2-6-11-25/h1-6,8-19,22-23,36-37H,7,20-21H2/b32-30?,33-31?,34-22+,35-23+. The molecule has 2 N–H and O–H groups in total. The van der Waals surface area contributed by atoms with E-state index in [-0.39, 0.29) is 0 Å². The van der Waals surface area contributed by atoms with E-state index in [0.29, 0.717) is 30.9 Å². The molecular formula is C31H28N4O2. The first kappa shape index (κ1) is 25.3. The van der Waals surface area contributed by atoms with Crippen molar-refractivity contribution in [3.05, 3.63) is 120 Å². The lowest BCUT2D eigenvalue weighted by molar-refractivity contribution is 0.322. The van der Waals surface area contributed by atoms with Crippen LogP contribution >= 0.6 is 0 Å². The quantitative estimate of drug-likeness (QED) is 0.114. The summed E-state index contributed by atoms with van der Waals surface area (Å²) in [4.78, 5) is 9.20. The summed E-state index contributed by atoms with van der Waals surface area (Å²) < 4.78 is 0. The molecule has 0 amide bonds. The predicted molar refractivity (Wildman–Crippen MR) is 152 cm³/mol. The molecule has 184 valence electrons. The summed E-state index contributed by atoms with van der Waals surface area (Å²) in [5.74, 6) is 0. The summed E-state index contributed by atoms with van der Waals surface area (Å²) in [7, 11) is 0. The first-order chi connectivity index (χ1) is 18.3. The molecule has 37 heavy (non-hydrogen) atoms. The zero-order valence-electron chi connectivity index (χ0n) is 20.4. The Morgan fingerprint density at radius 2 is 0.838 bits per heavy atom. The second kappa shape index (κ2) is 13.3. The molecule has 0 aromatic heterocycles. The highest BCUT2D eigenvalue weighted by molar-refractivity contribution is 6.38. The second-order valence-corrected chi connectivity index (χ2v) is 8.26. The number of hydrogen-bond donors (Lipinski definition) is 2. The molecule has 4 aromatic rings. The van der Waals surface area contributed by atoms with Crippen LogP contribution in [0.4, 0.5) is 0 Å². The molecule has 0 spiro atoms. The summed E-state index contributed by atoms with van der Waals surface area (Å²) in [5.41, 5.74) is 7.42. The first-order valence-electron chi connectivity index (χ1n) is 12.0. The van der Waals surface area contributed by atoms with E-state index in [1.807, 2.05) is 84.9 Å². The van der Waals surface area contributed by atoms with Crippen molar-refractivity contribution >= 4 is 23.9 Å². The molecule has 6 nitrogen and oxygen atoms in total. The highest BCUT2D eigenvalue weighted by Gasteiger charge is 2.05. The minimum absolute atomic E-state index is 0.502. The normalized spacial score (nSPS) is 12.4. The highest BCUT2D eigenvalue weighted by Crippen LogP contribution is 2.20. The van der Waals surface area contributed by atoms with Gasteiger partial charge in [-0.1, -0.05) is 120 Å². The Balaban J connectivity index is 1.39. The van der Waals surface area contributed by atoms with E-state index < -0.39 is 0 Å². The summed E-state index contributed by atoms with van der Waals surface area (Å²) in [6.07, 6.45) is 3.37. The summed E-state index contributed by atoms with van der Waals surface area (Å²) in [6, 6.07) is 36.2. The number of rotatable bonds is 10. The molecule has 6 heteroatoms. The van der Waals surface area contributed by atoms with Gasteiger partial charge in [0.25, 0.3) is 0 Å². The lowest BCUT2D eigenvalue weighted by atomic mass is 10.0. The number of nitrogens with zero attached hydrogens (tertiary/aromatic N) is 4. The Kier molecular flexibility index (Phi) is 9.08. The summed E-state index contributed by atoms with van der Waals surface area (Å²) in [6.45, 7) is 1.00. The van der Waals surface area contributed by atoms with Gasteiger partial charge >= 0.3 is 0 Å². The summed E-state index contributed by atoms with van der Waals surface area (Å²) in [5, 5.41) is 24.6. The predicted octanol–water partition coefficient (Wildman–Crippen LogP) is 6.61. The van der Waals surface area contributed by atoms with Crippen molar-refractivity contribution in [3.63, 3.8) is 0 Å². The van der Waals surface area contributed by atoms with E-state index >= 15 is 0 Å². The van der Waals surface area contributed by atoms with Gasteiger partial charge in [-0.15, -0.1) is 0 Å². The molecule has 0 bridgehead atoms. The van der Waals surface area contributed by atoms with E-state index in [1.165, 1.54) is 12.4 Å². The fourth-order valence-corrected chi connectivity index (χ4v) is 3.92. The maximum absolute atomic E-state index is 9.11. The third kappa shape index (κ3) is 7.08.